The van der Waals surface area contributed by atoms with E-state index >= 15 is 0 Å². The molecule has 13 heavy (non-hydrogen) atoms. The van der Waals surface area contributed by atoms with Gasteiger partial charge in [-0.25, -0.2) is 9.18 Å². The lowest BCUT2D eigenvalue weighted by atomic mass is 10.2. The van der Waals surface area contributed by atoms with Gasteiger partial charge in [0.25, 0.3) is 0 Å². The summed E-state index contributed by atoms with van der Waals surface area (Å²) in [4.78, 5) is 10.6. The van der Waals surface area contributed by atoms with Crippen LogP contribution in [0.1, 0.15) is 10.4 Å². The van der Waals surface area contributed by atoms with Crippen LogP contribution >= 0.6 is 23.2 Å². The Morgan fingerprint density at radius 2 is 2.08 bits per heavy atom. The Morgan fingerprint density at radius 3 is 2.54 bits per heavy atom. The van der Waals surface area contributed by atoms with Crippen molar-refractivity contribution in [3.05, 3.63) is 27.5 Å². The Hall–Kier alpha value is -1.00. The van der Waals surface area contributed by atoms with Crippen LogP contribution in [0.4, 0.5) is 10.1 Å². The molecule has 0 unspecified atom stereocenters. The second-order valence-electron chi connectivity index (χ2n) is 2.25. The lowest BCUT2D eigenvalue weighted by Crippen LogP contribution is -2.06. The summed E-state index contributed by atoms with van der Waals surface area (Å²) >= 11 is 11.0. The largest absolute Gasteiger partial charge is 0.478 e. The fourth-order valence-corrected chi connectivity index (χ4v) is 1.25. The molecule has 3 N–H and O–H groups in total. The van der Waals surface area contributed by atoms with E-state index in [-0.39, 0.29) is 10.0 Å². The fourth-order valence-electron chi connectivity index (χ4n) is 0.819. The van der Waals surface area contributed by atoms with Gasteiger partial charge in [-0.15, -0.1) is 0 Å². The van der Waals surface area contributed by atoms with Crippen LogP contribution in [0.3, 0.4) is 0 Å². The molecular weight excluding hydrogens is 220 g/mol. The average molecular weight is 224 g/mol. The molecule has 0 aliphatic rings. The van der Waals surface area contributed by atoms with Crippen molar-refractivity contribution >= 4 is 34.9 Å². The van der Waals surface area contributed by atoms with E-state index in [1.165, 1.54) is 0 Å². The van der Waals surface area contributed by atoms with E-state index < -0.39 is 23.0 Å². The van der Waals surface area contributed by atoms with Crippen molar-refractivity contribution in [1.29, 1.82) is 0 Å². The number of carbonyl (C=O) groups is 1. The number of carboxylic acids is 1. The Labute approximate surface area is 82.9 Å². The van der Waals surface area contributed by atoms with Crippen molar-refractivity contribution in [2.45, 2.75) is 0 Å². The van der Waals surface area contributed by atoms with Gasteiger partial charge in [0.2, 0.25) is 0 Å². The van der Waals surface area contributed by atoms with Gasteiger partial charge in [0.05, 0.1) is 15.7 Å². The third kappa shape index (κ3) is 1.68. The molecule has 1 aromatic rings. The van der Waals surface area contributed by atoms with Gasteiger partial charge in [-0.3, -0.25) is 0 Å². The molecule has 0 saturated heterocycles. The lowest BCUT2D eigenvalue weighted by molar-refractivity contribution is 0.0698. The normalized spacial score (nSPS) is 10.1. The summed E-state index contributed by atoms with van der Waals surface area (Å²) in [5.74, 6) is -2.31. The van der Waals surface area contributed by atoms with Crippen LogP contribution in [0.25, 0.3) is 0 Å². The van der Waals surface area contributed by atoms with E-state index in [0.717, 1.165) is 6.07 Å². The maximum atomic E-state index is 12.8. The maximum Gasteiger partial charge on any atom is 0.339 e. The van der Waals surface area contributed by atoms with Gasteiger partial charge in [0.15, 0.2) is 0 Å². The lowest BCUT2D eigenvalue weighted by Gasteiger charge is -2.05. The Bertz CT molecular complexity index is 355. The maximum absolute atomic E-state index is 12.8. The zero-order chi connectivity index (χ0) is 10.2. The molecule has 6 heteroatoms. The number of benzene rings is 1. The smallest absolute Gasteiger partial charge is 0.339 e. The quantitative estimate of drug-likeness (QED) is 0.568. The summed E-state index contributed by atoms with van der Waals surface area (Å²) in [6.07, 6.45) is 0. The summed E-state index contributed by atoms with van der Waals surface area (Å²) in [6.45, 7) is 0. The van der Waals surface area contributed by atoms with Crippen LogP contribution in [0.5, 0.6) is 0 Å². The average Bonchev–Trinajstić information content (AvgIpc) is 2.01. The number of carboxylic acid groups (broad SMARTS) is 1. The Morgan fingerprint density at radius 1 is 1.54 bits per heavy atom. The van der Waals surface area contributed by atoms with Crippen molar-refractivity contribution in [2.24, 2.45) is 0 Å². The Kier molecular flexibility index (Phi) is 2.63. The molecule has 0 heterocycles. The molecule has 70 valence electrons. The van der Waals surface area contributed by atoms with Crippen LogP contribution in [0.2, 0.25) is 10.0 Å². The molecule has 0 spiro atoms. The van der Waals surface area contributed by atoms with Gasteiger partial charge in [0, 0.05) is 0 Å². The highest BCUT2D eigenvalue weighted by Gasteiger charge is 2.19. The highest BCUT2D eigenvalue weighted by atomic mass is 35.5. The summed E-state index contributed by atoms with van der Waals surface area (Å²) in [7, 11) is 0. The molecule has 0 aromatic heterocycles. The molecule has 0 aliphatic carbocycles. The number of aromatic carboxylic acids is 1. The fraction of sp³-hybridized carbons (Fsp3) is 0. The van der Waals surface area contributed by atoms with Crippen molar-refractivity contribution in [2.75, 3.05) is 5.73 Å². The third-order valence-corrected chi connectivity index (χ3v) is 2.21. The first-order valence-corrected chi connectivity index (χ1v) is 3.87. The monoisotopic (exact) mass is 223 g/mol. The first-order valence-electron chi connectivity index (χ1n) is 3.11. The second-order valence-corrected chi connectivity index (χ2v) is 3.03. The van der Waals surface area contributed by atoms with E-state index in [2.05, 4.69) is 0 Å². The molecule has 0 aliphatic heterocycles. The second kappa shape index (κ2) is 3.40. The minimum atomic E-state index is -1.41. The number of nitrogens with two attached hydrogens (primary N) is 1. The number of nitrogen functional groups attached to an aromatic ring is 1. The molecule has 0 bridgehead atoms. The van der Waals surface area contributed by atoms with Crippen molar-refractivity contribution in [3.63, 3.8) is 0 Å². The third-order valence-electron chi connectivity index (χ3n) is 1.42. The van der Waals surface area contributed by atoms with E-state index in [1.54, 1.807) is 0 Å². The van der Waals surface area contributed by atoms with Crippen LogP contribution in [-0.4, -0.2) is 11.1 Å². The zero-order valence-electron chi connectivity index (χ0n) is 6.14. The number of rotatable bonds is 1. The van der Waals surface area contributed by atoms with Crippen molar-refractivity contribution in [1.82, 2.24) is 0 Å². The molecule has 1 aromatic carbocycles. The van der Waals surface area contributed by atoms with Gasteiger partial charge >= 0.3 is 5.97 Å². The SMILES string of the molecule is Nc1c(F)cc(Cl)c(Cl)c1C(=O)O. The molecule has 0 radical (unpaired) electrons. The molecule has 0 saturated carbocycles. The predicted octanol–water partition coefficient (Wildman–Crippen LogP) is 2.41. The first-order chi connectivity index (χ1) is 5.95. The number of anilines is 1. The van der Waals surface area contributed by atoms with E-state index in [0.29, 0.717) is 0 Å². The summed E-state index contributed by atoms with van der Waals surface area (Å²) in [5, 5.41) is 8.17. The van der Waals surface area contributed by atoms with Crippen LogP contribution < -0.4 is 5.73 Å². The van der Waals surface area contributed by atoms with E-state index in [1.807, 2.05) is 0 Å². The first kappa shape index (κ1) is 10.1. The number of halogens is 3. The van der Waals surface area contributed by atoms with Crippen molar-refractivity contribution in [3.8, 4) is 0 Å². The van der Waals surface area contributed by atoms with E-state index in [9.17, 15) is 9.18 Å². The van der Waals surface area contributed by atoms with Gasteiger partial charge in [-0.05, 0) is 6.07 Å². The molecule has 0 fully saturated rings. The van der Waals surface area contributed by atoms with Gasteiger partial charge < -0.3 is 10.8 Å². The van der Waals surface area contributed by atoms with E-state index in [4.69, 9.17) is 34.0 Å². The minimum Gasteiger partial charge on any atom is -0.478 e. The Balaban J connectivity index is 3.56. The zero-order valence-corrected chi connectivity index (χ0v) is 7.66. The van der Waals surface area contributed by atoms with Gasteiger partial charge in [-0.2, -0.15) is 0 Å². The number of hydrogen-bond donors (Lipinski definition) is 2. The summed E-state index contributed by atoms with van der Waals surface area (Å²) in [5.41, 5.74) is 4.13. The topological polar surface area (TPSA) is 63.3 Å². The molecular formula is C7H4Cl2FNO2. The standard InChI is InChI=1S/C7H4Cl2FNO2/c8-2-1-3(10)6(11)4(5(2)9)7(12)13/h1H,11H2,(H,12,13). The van der Waals surface area contributed by atoms with Crippen LogP contribution in [0.15, 0.2) is 6.07 Å². The molecule has 3 nitrogen and oxygen atoms in total. The molecule has 0 atom stereocenters. The molecule has 0 amide bonds. The number of hydrogen-bond acceptors (Lipinski definition) is 2. The summed E-state index contributed by atoms with van der Waals surface area (Å²) < 4.78 is 12.8. The van der Waals surface area contributed by atoms with Crippen LogP contribution in [-0.2, 0) is 0 Å². The highest BCUT2D eigenvalue weighted by molar-refractivity contribution is 6.44. The van der Waals surface area contributed by atoms with Crippen LogP contribution in [0, 0.1) is 5.82 Å². The highest BCUT2D eigenvalue weighted by Crippen LogP contribution is 2.32. The molecule has 1 rings (SSSR count). The summed E-state index contributed by atoms with van der Waals surface area (Å²) in [6, 6.07) is 0.867. The predicted molar refractivity (Wildman–Crippen MR) is 47.8 cm³/mol. The van der Waals surface area contributed by atoms with Gasteiger partial charge in [0.1, 0.15) is 11.4 Å². The van der Waals surface area contributed by atoms with Crippen molar-refractivity contribution < 1.29 is 14.3 Å². The van der Waals surface area contributed by atoms with Gasteiger partial charge in [-0.1, -0.05) is 23.2 Å². The minimum absolute atomic E-state index is 0.175.